The zero-order valence-corrected chi connectivity index (χ0v) is 19.0. The van der Waals surface area contributed by atoms with Crippen molar-refractivity contribution in [1.29, 1.82) is 0 Å². The van der Waals surface area contributed by atoms with Crippen LogP contribution in [0.1, 0.15) is 36.5 Å². The first-order chi connectivity index (χ1) is 16.5. The zero-order chi connectivity index (χ0) is 23.9. The Kier molecular flexibility index (Phi) is 7.51. The molecule has 8 nitrogen and oxygen atoms in total. The minimum atomic E-state index is -0.317. The van der Waals surface area contributed by atoms with E-state index in [0.29, 0.717) is 62.0 Å². The van der Waals surface area contributed by atoms with Crippen LogP contribution in [0, 0.1) is 18.7 Å². The summed E-state index contributed by atoms with van der Waals surface area (Å²) in [6, 6.07) is 13.4. The lowest BCUT2D eigenvalue weighted by Gasteiger charge is -2.31. The van der Waals surface area contributed by atoms with Gasteiger partial charge < -0.3 is 19.5 Å². The molecule has 178 valence electrons. The van der Waals surface area contributed by atoms with Gasteiger partial charge in [0.1, 0.15) is 17.3 Å². The Morgan fingerprint density at radius 2 is 1.91 bits per heavy atom. The molecule has 0 atom stereocenters. The highest BCUT2D eigenvalue weighted by atomic mass is 19.1. The molecule has 0 bridgehead atoms. The molecule has 2 amide bonds. The van der Waals surface area contributed by atoms with E-state index in [2.05, 4.69) is 15.5 Å². The maximum Gasteiger partial charge on any atom is 0.246 e. The lowest BCUT2D eigenvalue weighted by atomic mass is 9.95. The Labute approximate surface area is 197 Å². The van der Waals surface area contributed by atoms with Crippen LogP contribution in [-0.4, -0.2) is 39.9 Å². The van der Waals surface area contributed by atoms with Crippen molar-refractivity contribution in [2.24, 2.45) is 5.92 Å². The number of hydrogen-bond acceptors (Lipinski definition) is 6. The van der Waals surface area contributed by atoms with E-state index in [9.17, 15) is 14.0 Å². The summed E-state index contributed by atoms with van der Waals surface area (Å²) in [5, 5.41) is 6.53. The number of aryl methyl sites for hydroxylation is 2. The number of likely N-dealkylation sites (tertiary alicyclic amines) is 1. The number of aromatic nitrogens is 2. The second-order valence-corrected chi connectivity index (χ2v) is 8.31. The second kappa shape index (κ2) is 10.9. The van der Waals surface area contributed by atoms with Gasteiger partial charge in [-0.3, -0.25) is 9.59 Å². The van der Waals surface area contributed by atoms with E-state index in [1.165, 1.54) is 12.1 Å². The molecule has 1 fully saturated rings. The average molecular weight is 467 g/mol. The molecule has 0 radical (unpaired) electrons. The van der Waals surface area contributed by atoms with Gasteiger partial charge in [0.2, 0.25) is 17.7 Å². The first kappa shape index (κ1) is 23.4. The molecule has 0 saturated carbocycles. The molecule has 9 heteroatoms. The van der Waals surface area contributed by atoms with E-state index in [1.54, 1.807) is 19.1 Å². The molecule has 2 aromatic carbocycles. The molecule has 34 heavy (non-hydrogen) atoms. The quantitative estimate of drug-likeness (QED) is 0.542. The Morgan fingerprint density at radius 3 is 2.62 bits per heavy atom. The Balaban J connectivity index is 1.20. The van der Waals surface area contributed by atoms with Gasteiger partial charge in [-0.15, -0.1) is 0 Å². The summed E-state index contributed by atoms with van der Waals surface area (Å²) in [4.78, 5) is 31.0. The number of benzene rings is 2. The van der Waals surface area contributed by atoms with E-state index in [1.807, 2.05) is 29.2 Å². The smallest absolute Gasteiger partial charge is 0.246 e. The molecular weight excluding hydrogens is 439 g/mol. The van der Waals surface area contributed by atoms with Crippen LogP contribution in [0.3, 0.4) is 0 Å². The summed E-state index contributed by atoms with van der Waals surface area (Å²) in [6.07, 6.45) is 2.22. The van der Waals surface area contributed by atoms with Gasteiger partial charge >= 0.3 is 0 Å². The normalized spacial score (nSPS) is 14.1. The van der Waals surface area contributed by atoms with Gasteiger partial charge in [0.25, 0.3) is 0 Å². The largest absolute Gasteiger partial charge is 0.457 e. The summed E-state index contributed by atoms with van der Waals surface area (Å²) >= 11 is 0. The summed E-state index contributed by atoms with van der Waals surface area (Å²) in [5.41, 5.74) is 0.985. The third-order valence-electron chi connectivity index (χ3n) is 5.78. The molecule has 4 rings (SSSR count). The highest BCUT2D eigenvalue weighted by Gasteiger charge is 2.27. The molecule has 0 spiro atoms. The third kappa shape index (κ3) is 6.40. The fourth-order valence-electron chi connectivity index (χ4n) is 3.92. The number of halogens is 1. The van der Waals surface area contributed by atoms with Gasteiger partial charge in [-0.2, -0.15) is 4.98 Å². The number of amides is 2. The SMILES string of the molecule is Cc1noc(CNC(=O)C2CCN(C(=O)CCc3cccc(Oc4ccc(F)cc4)c3)CC2)n1. The standard InChI is InChI=1S/C25H27FN4O4/c1-17-28-23(34-29-17)16-27-25(32)19-11-13-30(14-12-19)24(31)10-5-18-3-2-4-22(15-18)33-21-8-6-20(26)7-9-21/h2-4,6-9,15,19H,5,10-14,16H2,1H3,(H,27,32). The average Bonchev–Trinajstić information content (AvgIpc) is 3.28. The van der Waals surface area contributed by atoms with E-state index in [4.69, 9.17) is 9.26 Å². The summed E-state index contributed by atoms with van der Waals surface area (Å²) in [5.74, 6) is 1.67. The van der Waals surface area contributed by atoms with Gasteiger partial charge in [-0.05, 0) is 68.1 Å². The highest BCUT2D eigenvalue weighted by Crippen LogP contribution is 2.24. The van der Waals surface area contributed by atoms with Crippen LogP contribution in [0.15, 0.2) is 53.1 Å². The third-order valence-corrected chi connectivity index (χ3v) is 5.78. The van der Waals surface area contributed by atoms with E-state index in [0.717, 1.165) is 5.56 Å². The van der Waals surface area contributed by atoms with Crippen LogP contribution in [0.4, 0.5) is 4.39 Å². The van der Waals surface area contributed by atoms with Gasteiger partial charge in [0.05, 0.1) is 6.54 Å². The monoisotopic (exact) mass is 466 g/mol. The van der Waals surface area contributed by atoms with Crippen LogP contribution in [0.2, 0.25) is 0 Å². The Morgan fingerprint density at radius 1 is 1.15 bits per heavy atom. The zero-order valence-electron chi connectivity index (χ0n) is 19.0. The van der Waals surface area contributed by atoms with Crippen LogP contribution in [0.25, 0.3) is 0 Å². The van der Waals surface area contributed by atoms with Crippen LogP contribution < -0.4 is 10.1 Å². The fourth-order valence-corrected chi connectivity index (χ4v) is 3.92. The number of ether oxygens (including phenoxy) is 1. The van der Waals surface area contributed by atoms with Crippen molar-refractivity contribution in [3.05, 3.63) is 71.6 Å². The summed E-state index contributed by atoms with van der Waals surface area (Å²) in [7, 11) is 0. The minimum absolute atomic E-state index is 0.0547. The fraction of sp³-hybridized carbons (Fsp3) is 0.360. The van der Waals surface area contributed by atoms with Crippen LogP contribution >= 0.6 is 0 Å². The predicted octanol–water partition coefficient (Wildman–Crippen LogP) is 3.80. The lowest BCUT2D eigenvalue weighted by Crippen LogP contribution is -2.43. The van der Waals surface area contributed by atoms with Gasteiger partial charge in [0, 0.05) is 25.4 Å². The molecule has 1 aliphatic heterocycles. The van der Waals surface area contributed by atoms with Gasteiger partial charge in [-0.1, -0.05) is 17.3 Å². The Bertz CT molecular complexity index is 1120. The number of carbonyl (C=O) groups is 2. The number of nitrogens with one attached hydrogen (secondary N) is 1. The number of rotatable bonds is 8. The molecule has 0 aliphatic carbocycles. The van der Waals surface area contributed by atoms with E-state index >= 15 is 0 Å². The van der Waals surface area contributed by atoms with Crippen LogP contribution in [-0.2, 0) is 22.6 Å². The lowest BCUT2D eigenvalue weighted by molar-refractivity contribution is -0.135. The van der Waals surface area contributed by atoms with Crippen molar-refractivity contribution in [2.75, 3.05) is 13.1 Å². The highest BCUT2D eigenvalue weighted by molar-refractivity contribution is 5.80. The van der Waals surface area contributed by atoms with Crippen molar-refractivity contribution in [3.8, 4) is 11.5 Å². The molecule has 2 heterocycles. The molecular formula is C25H27FN4O4. The second-order valence-electron chi connectivity index (χ2n) is 8.31. The summed E-state index contributed by atoms with van der Waals surface area (Å²) in [6.45, 7) is 3.05. The minimum Gasteiger partial charge on any atom is -0.457 e. The molecule has 1 saturated heterocycles. The van der Waals surface area contributed by atoms with E-state index < -0.39 is 0 Å². The predicted molar refractivity (Wildman–Crippen MR) is 121 cm³/mol. The van der Waals surface area contributed by atoms with Gasteiger partial charge in [-0.25, -0.2) is 4.39 Å². The number of carbonyl (C=O) groups excluding carboxylic acids is 2. The number of piperidine rings is 1. The van der Waals surface area contributed by atoms with Crippen molar-refractivity contribution < 1.29 is 23.2 Å². The Hall–Kier alpha value is -3.75. The van der Waals surface area contributed by atoms with Crippen molar-refractivity contribution in [2.45, 2.75) is 39.2 Å². The molecule has 0 unspecified atom stereocenters. The molecule has 3 aromatic rings. The van der Waals surface area contributed by atoms with Crippen molar-refractivity contribution in [1.82, 2.24) is 20.4 Å². The first-order valence-electron chi connectivity index (χ1n) is 11.3. The van der Waals surface area contributed by atoms with E-state index in [-0.39, 0.29) is 30.1 Å². The van der Waals surface area contributed by atoms with Gasteiger partial charge in [0.15, 0.2) is 5.82 Å². The maximum atomic E-state index is 13.1. The number of nitrogens with zero attached hydrogens (tertiary/aromatic N) is 3. The van der Waals surface area contributed by atoms with Crippen molar-refractivity contribution >= 4 is 11.8 Å². The summed E-state index contributed by atoms with van der Waals surface area (Å²) < 4.78 is 23.8. The molecule has 1 aromatic heterocycles. The van der Waals surface area contributed by atoms with Crippen molar-refractivity contribution in [3.63, 3.8) is 0 Å². The molecule has 1 N–H and O–H groups in total. The molecule has 1 aliphatic rings. The topological polar surface area (TPSA) is 97.6 Å². The van der Waals surface area contributed by atoms with Crippen LogP contribution in [0.5, 0.6) is 11.5 Å². The first-order valence-corrected chi connectivity index (χ1v) is 11.3. The maximum absolute atomic E-state index is 13.1. The number of hydrogen-bond donors (Lipinski definition) is 1.